The van der Waals surface area contributed by atoms with Crippen LogP contribution in [0.15, 0.2) is 24.5 Å². The van der Waals surface area contributed by atoms with E-state index >= 15 is 0 Å². The van der Waals surface area contributed by atoms with E-state index in [9.17, 15) is 4.79 Å². The molecule has 0 aliphatic heterocycles. The highest BCUT2D eigenvalue weighted by Gasteiger charge is 2.13. The Morgan fingerprint density at radius 2 is 2.26 bits per heavy atom. The minimum Gasteiger partial charge on any atom is -0.337 e. The molecule has 100 valence electrons. The number of hydrogen-bond donors (Lipinski definition) is 1. The van der Waals surface area contributed by atoms with Gasteiger partial charge in [0.1, 0.15) is 0 Å². The summed E-state index contributed by atoms with van der Waals surface area (Å²) in [5.74, 6) is -0.0387. The van der Waals surface area contributed by atoms with Gasteiger partial charge in [0.15, 0.2) is 0 Å². The average Bonchev–Trinajstić information content (AvgIpc) is 2.83. The largest absolute Gasteiger partial charge is 0.337 e. The van der Waals surface area contributed by atoms with Gasteiger partial charge in [0.05, 0.1) is 17.2 Å². The van der Waals surface area contributed by atoms with Crippen LogP contribution in [0.2, 0.25) is 0 Å². The van der Waals surface area contributed by atoms with Gasteiger partial charge in [-0.15, -0.1) is 11.3 Å². The van der Waals surface area contributed by atoms with Crippen LogP contribution in [-0.4, -0.2) is 27.8 Å². The lowest BCUT2D eigenvalue weighted by molar-refractivity contribution is 0.0786. The monoisotopic (exact) mass is 276 g/mol. The van der Waals surface area contributed by atoms with E-state index in [1.807, 2.05) is 13.1 Å². The Morgan fingerprint density at radius 1 is 1.47 bits per heavy atom. The number of nitrogens with two attached hydrogens (primary N) is 1. The molecule has 0 radical (unpaired) electrons. The Morgan fingerprint density at radius 3 is 2.89 bits per heavy atom. The van der Waals surface area contributed by atoms with Gasteiger partial charge in [-0.1, -0.05) is 0 Å². The van der Waals surface area contributed by atoms with Gasteiger partial charge < -0.3 is 10.6 Å². The topological polar surface area (TPSA) is 72.1 Å². The van der Waals surface area contributed by atoms with Crippen molar-refractivity contribution in [2.45, 2.75) is 20.0 Å². The molecule has 1 amide bonds. The smallest absolute Gasteiger partial charge is 0.254 e. The predicted octanol–water partition coefficient (Wildman–Crippen LogP) is 1.58. The summed E-state index contributed by atoms with van der Waals surface area (Å²) in [5, 5.41) is 1.00. The van der Waals surface area contributed by atoms with Gasteiger partial charge in [-0.05, 0) is 19.1 Å². The van der Waals surface area contributed by atoms with Crippen LogP contribution in [-0.2, 0) is 13.1 Å². The van der Waals surface area contributed by atoms with Crippen LogP contribution in [0, 0.1) is 6.92 Å². The normalized spacial score (nSPS) is 10.5. The molecule has 0 bridgehead atoms. The zero-order valence-electron chi connectivity index (χ0n) is 11.0. The maximum absolute atomic E-state index is 12.3. The number of aromatic nitrogens is 2. The van der Waals surface area contributed by atoms with Gasteiger partial charge in [-0.3, -0.25) is 9.78 Å². The van der Waals surface area contributed by atoms with Crippen LogP contribution >= 0.6 is 11.3 Å². The molecule has 0 saturated heterocycles. The molecule has 2 aromatic heterocycles. The van der Waals surface area contributed by atoms with Crippen molar-refractivity contribution in [2.75, 3.05) is 7.05 Å². The van der Waals surface area contributed by atoms with E-state index in [1.54, 1.807) is 41.6 Å². The molecule has 0 atom stereocenters. The summed E-state index contributed by atoms with van der Waals surface area (Å²) in [4.78, 5) is 23.3. The lowest BCUT2D eigenvalue weighted by Crippen LogP contribution is -2.26. The summed E-state index contributed by atoms with van der Waals surface area (Å²) < 4.78 is 0. The quantitative estimate of drug-likeness (QED) is 0.920. The van der Waals surface area contributed by atoms with Crippen LogP contribution in [0.3, 0.4) is 0 Å². The molecule has 6 heteroatoms. The Kier molecular flexibility index (Phi) is 4.24. The molecule has 2 aromatic rings. The number of hydrogen-bond acceptors (Lipinski definition) is 5. The highest BCUT2D eigenvalue weighted by atomic mass is 32.1. The van der Waals surface area contributed by atoms with Gasteiger partial charge in [-0.25, -0.2) is 4.98 Å². The average molecular weight is 276 g/mol. The number of pyridine rings is 1. The van der Waals surface area contributed by atoms with E-state index in [2.05, 4.69) is 9.97 Å². The van der Waals surface area contributed by atoms with Crippen molar-refractivity contribution in [2.24, 2.45) is 5.73 Å². The molecule has 0 fully saturated rings. The van der Waals surface area contributed by atoms with Gasteiger partial charge in [0.2, 0.25) is 0 Å². The SMILES string of the molecule is Cc1ncc(CN(C)C(=O)c2ccnc(CN)c2)s1. The lowest BCUT2D eigenvalue weighted by Gasteiger charge is -2.16. The second kappa shape index (κ2) is 5.90. The van der Waals surface area contributed by atoms with E-state index in [0.717, 1.165) is 9.88 Å². The number of nitrogens with zero attached hydrogens (tertiary/aromatic N) is 3. The minimum absolute atomic E-state index is 0.0387. The summed E-state index contributed by atoms with van der Waals surface area (Å²) in [7, 11) is 1.78. The number of carbonyl (C=O) groups is 1. The molecular formula is C13H16N4OS. The van der Waals surface area contributed by atoms with Crippen molar-refractivity contribution >= 4 is 17.2 Å². The van der Waals surface area contributed by atoms with Crippen molar-refractivity contribution < 1.29 is 4.79 Å². The van der Waals surface area contributed by atoms with Crippen LogP contribution in [0.25, 0.3) is 0 Å². The number of rotatable bonds is 4. The third-order valence-corrected chi connectivity index (χ3v) is 3.58. The number of aryl methyl sites for hydroxylation is 1. The van der Waals surface area contributed by atoms with Gasteiger partial charge in [0.25, 0.3) is 5.91 Å². The number of thiazole rings is 1. The van der Waals surface area contributed by atoms with Crippen LogP contribution < -0.4 is 5.73 Å². The first kappa shape index (κ1) is 13.6. The van der Waals surface area contributed by atoms with Gasteiger partial charge >= 0.3 is 0 Å². The van der Waals surface area contributed by atoms with Gasteiger partial charge in [0, 0.05) is 36.4 Å². The van der Waals surface area contributed by atoms with Crippen molar-refractivity contribution in [1.82, 2.24) is 14.9 Å². The lowest BCUT2D eigenvalue weighted by atomic mass is 10.2. The number of amides is 1. The van der Waals surface area contributed by atoms with Gasteiger partial charge in [-0.2, -0.15) is 0 Å². The molecule has 19 heavy (non-hydrogen) atoms. The standard InChI is InChI=1S/C13H16N4OS/c1-9-16-7-12(19-9)8-17(2)13(18)10-3-4-15-11(5-10)6-14/h3-5,7H,6,8,14H2,1-2H3. The Balaban J connectivity index is 2.09. The first-order chi connectivity index (χ1) is 9.10. The maximum atomic E-state index is 12.3. The molecular weight excluding hydrogens is 260 g/mol. The third kappa shape index (κ3) is 3.36. The van der Waals surface area contributed by atoms with Crippen molar-refractivity contribution in [3.63, 3.8) is 0 Å². The highest BCUT2D eigenvalue weighted by molar-refractivity contribution is 7.11. The van der Waals surface area contributed by atoms with E-state index in [-0.39, 0.29) is 5.91 Å². The van der Waals surface area contributed by atoms with Crippen LogP contribution in [0.1, 0.15) is 25.9 Å². The molecule has 0 spiro atoms. The third-order valence-electron chi connectivity index (χ3n) is 2.68. The van der Waals surface area contributed by atoms with Crippen molar-refractivity contribution in [3.05, 3.63) is 45.7 Å². The Hall–Kier alpha value is -1.79. The first-order valence-electron chi connectivity index (χ1n) is 5.92. The molecule has 0 aliphatic carbocycles. The summed E-state index contributed by atoms with van der Waals surface area (Å²) in [6.45, 7) is 2.84. The highest BCUT2D eigenvalue weighted by Crippen LogP contribution is 2.15. The van der Waals surface area contributed by atoms with E-state index in [1.165, 1.54) is 0 Å². The fourth-order valence-corrected chi connectivity index (χ4v) is 2.58. The Bertz CT molecular complexity index is 582. The zero-order chi connectivity index (χ0) is 13.8. The van der Waals surface area contributed by atoms with E-state index < -0.39 is 0 Å². The predicted molar refractivity (Wildman–Crippen MR) is 74.8 cm³/mol. The summed E-state index contributed by atoms with van der Waals surface area (Å²) >= 11 is 1.60. The second-order valence-electron chi connectivity index (χ2n) is 4.25. The fourth-order valence-electron chi connectivity index (χ4n) is 1.73. The molecule has 5 nitrogen and oxygen atoms in total. The van der Waals surface area contributed by atoms with E-state index in [0.29, 0.717) is 24.3 Å². The molecule has 2 heterocycles. The molecule has 0 aromatic carbocycles. The first-order valence-corrected chi connectivity index (χ1v) is 6.73. The summed E-state index contributed by atoms with van der Waals surface area (Å²) in [6.07, 6.45) is 3.42. The Labute approximate surface area is 116 Å². The number of carbonyl (C=O) groups excluding carboxylic acids is 1. The molecule has 2 N–H and O–H groups in total. The van der Waals surface area contributed by atoms with Crippen molar-refractivity contribution in [3.8, 4) is 0 Å². The van der Waals surface area contributed by atoms with Crippen molar-refractivity contribution in [1.29, 1.82) is 0 Å². The van der Waals surface area contributed by atoms with Crippen LogP contribution in [0.4, 0.5) is 0 Å². The summed E-state index contributed by atoms with van der Waals surface area (Å²) in [6, 6.07) is 3.44. The molecule has 0 aliphatic rings. The second-order valence-corrected chi connectivity index (χ2v) is 5.57. The molecule has 0 unspecified atom stereocenters. The fraction of sp³-hybridized carbons (Fsp3) is 0.308. The van der Waals surface area contributed by atoms with Crippen LogP contribution in [0.5, 0.6) is 0 Å². The maximum Gasteiger partial charge on any atom is 0.254 e. The minimum atomic E-state index is -0.0387. The summed E-state index contributed by atoms with van der Waals surface area (Å²) in [5.41, 5.74) is 6.85. The molecule has 2 rings (SSSR count). The van der Waals surface area contributed by atoms with E-state index in [4.69, 9.17) is 5.73 Å². The zero-order valence-corrected chi connectivity index (χ0v) is 11.8. The molecule has 0 saturated carbocycles.